The molecule has 128 valence electrons. The van der Waals surface area contributed by atoms with Crippen molar-refractivity contribution >= 4 is 11.7 Å². The Labute approximate surface area is 143 Å². The van der Waals surface area contributed by atoms with Crippen LogP contribution in [0.25, 0.3) is 0 Å². The predicted molar refractivity (Wildman–Crippen MR) is 96.1 cm³/mol. The van der Waals surface area contributed by atoms with Gasteiger partial charge in [0.25, 0.3) is 0 Å². The van der Waals surface area contributed by atoms with Crippen LogP contribution in [0.4, 0.5) is 10.5 Å². The van der Waals surface area contributed by atoms with Crippen LogP contribution < -0.4 is 20.1 Å². The van der Waals surface area contributed by atoms with Gasteiger partial charge in [-0.25, -0.2) is 4.79 Å². The van der Waals surface area contributed by atoms with Crippen LogP contribution in [0.15, 0.2) is 42.5 Å². The summed E-state index contributed by atoms with van der Waals surface area (Å²) in [7, 11) is 1.64. The van der Waals surface area contributed by atoms with Crippen molar-refractivity contribution in [3.05, 3.63) is 53.6 Å². The van der Waals surface area contributed by atoms with Crippen LogP contribution in [0, 0.1) is 6.92 Å². The zero-order chi connectivity index (χ0) is 17.4. The Morgan fingerprint density at radius 1 is 1.12 bits per heavy atom. The fourth-order valence-electron chi connectivity index (χ4n) is 2.29. The number of carbonyl (C=O) groups is 1. The summed E-state index contributed by atoms with van der Waals surface area (Å²) in [5, 5.41) is 5.69. The van der Waals surface area contributed by atoms with Gasteiger partial charge in [0.1, 0.15) is 11.5 Å². The molecule has 0 spiro atoms. The molecule has 5 heteroatoms. The molecule has 0 radical (unpaired) electrons. The molecule has 0 saturated carbocycles. The number of carbonyl (C=O) groups excluding carboxylic acids is 1. The maximum Gasteiger partial charge on any atom is 0.319 e. The summed E-state index contributed by atoms with van der Waals surface area (Å²) < 4.78 is 10.7. The SMILES string of the molecule is CCOc1cc(C)ccc1NC(=O)NCCc1ccc(OC)cc1. The smallest absolute Gasteiger partial charge is 0.319 e. The highest BCUT2D eigenvalue weighted by atomic mass is 16.5. The predicted octanol–water partition coefficient (Wildman–Crippen LogP) is 3.77. The summed E-state index contributed by atoms with van der Waals surface area (Å²) >= 11 is 0. The first-order chi connectivity index (χ1) is 11.6. The van der Waals surface area contributed by atoms with E-state index in [2.05, 4.69) is 10.6 Å². The summed E-state index contributed by atoms with van der Waals surface area (Å²) in [6, 6.07) is 13.3. The van der Waals surface area contributed by atoms with E-state index in [9.17, 15) is 4.79 Å². The van der Waals surface area contributed by atoms with E-state index in [4.69, 9.17) is 9.47 Å². The quantitative estimate of drug-likeness (QED) is 0.813. The third kappa shape index (κ3) is 5.19. The number of aryl methyl sites for hydroxylation is 1. The summed E-state index contributed by atoms with van der Waals surface area (Å²) in [4.78, 5) is 12.0. The van der Waals surface area contributed by atoms with Crippen molar-refractivity contribution < 1.29 is 14.3 Å². The standard InChI is InChI=1S/C19H24N2O3/c1-4-24-18-13-14(2)5-10-17(18)21-19(22)20-12-11-15-6-8-16(23-3)9-7-15/h5-10,13H,4,11-12H2,1-3H3,(H2,20,21,22). The van der Waals surface area contributed by atoms with E-state index in [1.54, 1.807) is 7.11 Å². The average molecular weight is 328 g/mol. The van der Waals surface area contributed by atoms with Gasteiger partial charge in [0.2, 0.25) is 0 Å². The molecule has 2 N–H and O–H groups in total. The van der Waals surface area contributed by atoms with Crippen LogP contribution in [0.5, 0.6) is 11.5 Å². The Balaban J connectivity index is 1.84. The lowest BCUT2D eigenvalue weighted by Crippen LogP contribution is -2.30. The molecule has 0 aliphatic carbocycles. The Kier molecular flexibility index (Phi) is 6.49. The molecular weight excluding hydrogens is 304 g/mol. The summed E-state index contributed by atoms with van der Waals surface area (Å²) in [5.41, 5.74) is 2.90. The van der Waals surface area contributed by atoms with E-state index < -0.39 is 0 Å². The maximum absolute atomic E-state index is 12.0. The number of ether oxygens (including phenoxy) is 2. The molecule has 0 bridgehead atoms. The normalized spacial score (nSPS) is 10.1. The van der Waals surface area contributed by atoms with Gasteiger partial charge >= 0.3 is 6.03 Å². The van der Waals surface area contributed by atoms with Gasteiger partial charge in [-0.2, -0.15) is 0 Å². The monoisotopic (exact) mass is 328 g/mol. The second-order valence-electron chi connectivity index (χ2n) is 5.41. The van der Waals surface area contributed by atoms with Gasteiger partial charge in [0.05, 0.1) is 19.4 Å². The van der Waals surface area contributed by atoms with Crippen molar-refractivity contribution in [1.29, 1.82) is 0 Å². The Morgan fingerprint density at radius 3 is 2.54 bits per heavy atom. The van der Waals surface area contributed by atoms with E-state index in [0.29, 0.717) is 24.6 Å². The van der Waals surface area contributed by atoms with E-state index in [0.717, 1.165) is 23.3 Å². The third-order valence-corrected chi connectivity index (χ3v) is 3.54. The fourth-order valence-corrected chi connectivity index (χ4v) is 2.29. The van der Waals surface area contributed by atoms with E-state index >= 15 is 0 Å². The number of anilines is 1. The molecule has 2 aromatic carbocycles. The zero-order valence-corrected chi connectivity index (χ0v) is 14.4. The summed E-state index contributed by atoms with van der Waals surface area (Å²) in [6.45, 7) is 5.01. The van der Waals surface area contributed by atoms with Crippen molar-refractivity contribution in [2.24, 2.45) is 0 Å². The molecule has 0 aliphatic rings. The number of urea groups is 1. The number of benzene rings is 2. The van der Waals surface area contributed by atoms with Crippen molar-refractivity contribution in [3.63, 3.8) is 0 Å². The van der Waals surface area contributed by atoms with Crippen LogP contribution in [0.1, 0.15) is 18.1 Å². The van der Waals surface area contributed by atoms with Gasteiger partial charge in [0.15, 0.2) is 0 Å². The molecule has 2 amide bonds. The lowest BCUT2D eigenvalue weighted by atomic mass is 10.1. The largest absolute Gasteiger partial charge is 0.497 e. The minimum Gasteiger partial charge on any atom is -0.497 e. The maximum atomic E-state index is 12.0. The summed E-state index contributed by atoms with van der Waals surface area (Å²) in [6.07, 6.45) is 0.754. The molecule has 2 rings (SSSR count). The van der Waals surface area contributed by atoms with E-state index in [-0.39, 0.29) is 6.03 Å². The third-order valence-electron chi connectivity index (χ3n) is 3.54. The Bertz CT molecular complexity index is 669. The average Bonchev–Trinajstić information content (AvgIpc) is 2.58. The van der Waals surface area contributed by atoms with Crippen molar-refractivity contribution in [2.75, 3.05) is 25.6 Å². The van der Waals surface area contributed by atoms with Gasteiger partial charge in [-0.1, -0.05) is 18.2 Å². The topological polar surface area (TPSA) is 59.6 Å². The van der Waals surface area contributed by atoms with Crippen molar-refractivity contribution in [3.8, 4) is 11.5 Å². The Hall–Kier alpha value is -2.69. The number of hydrogen-bond donors (Lipinski definition) is 2. The van der Waals surface area contributed by atoms with Crippen LogP contribution in [0.2, 0.25) is 0 Å². The fraction of sp³-hybridized carbons (Fsp3) is 0.316. The lowest BCUT2D eigenvalue weighted by molar-refractivity contribution is 0.252. The first-order valence-corrected chi connectivity index (χ1v) is 8.03. The molecule has 5 nitrogen and oxygen atoms in total. The highest BCUT2D eigenvalue weighted by molar-refractivity contribution is 5.90. The van der Waals surface area contributed by atoms with Crippen LogP contribution >= 0.6 is 0 Å². The molecule has 0 unspecified atom stereocenters. The number of hydrogen-bond acceptors (Lipinski definition) is 3. The van der Waals surface area contributed by atoms with E-state index in [1.165, 1.54) is 0 Å². The van der Waals surface area contributed by atoms with Gasteiger partial charge < -0.3 is 20.1 Å². The van der Waals surface area contributed by atoms with Gasteiger partial charge in [0, 0.05) is 6.54 Å². The van der Waals surface area contributed by atoms with Gasteiger partial charge in [-0.15, -0.1) is 0 Å². The minimum atomic E-state index is -0.242. The molecule has 0 aliphatic heterocycles. The molecule has 0 fully saturated rings. The number of methoxy groups -OCH3 is 1. The summed E-state index contributed by atoms with van der Waals surface area (Å²) in [5.74, 6) is 1.51. The second-order valence-corrected chi connectivity index (χ2v) is 5.41. The molecule has 0 aromatic heterocycles. The molecule has 2 aromatic rings. The second kappa shape index (κ2) is 8.82. The molecule has 0 heterocycles. The van der Waals surface area contributed by atoms with Gasteiger partial charge in [-0.05, 0) is 55.7 Å². The van der Waals surface area contributed by atoms with E-state index in [1.807, 2.05) is 56.3 Å². The van der Waals surface area contributed by atoms with Crippen LogP contribution in [0.3, 0.4) is 0 Å². The molecule has 0 atom stereocenters. The first kappa shape index (κ1) is 17.7. The van der Waals surface area contributed by atoms with Gasteiger partial charge in [-0.3, -0.25) is 0 Å². The molecule has 0 saturated heterocycles. The van der Waals surface area contributed by atoms with Crippen molar-refractivity contribution in [2.45, 2.75) is 20.3 Å². The van der Waals surface area contributed by atoms with Crippen LogP contribution in [-0.4, -0.2) is 26.3 Å². The highest BCUT2D eigenvalue weighted by Crippen LogP contribution is 2.25. The lowest BCUT2D eigenvalue weighted by Gasteiger charge is -2.13. The molecular formula is C19H24N2O3. The number of nitrogens with one attached hydrogen (secondary N) is 2. The number of amides is 2. The van der Waals surface area contributed by atoms with Crippen molar-refractivity contribution in [1.82, 2.24) is 5.32 Å². The zero-order valence-electron chi connectivity index (χ0n) is 14.4. The molecule has 24 heavy (non-hydrogen) atoms. The highest BCUT2D eigenvalue weighted by Gasteiger charge is 2.07. The van der Waals surface area contributed by atoms with Crippen LogP contribution in [-0.2, 0) is 6.42 Å². The first-order valence-electron chi connectivity index (χ1n) is 8.03. The number of rotatable bonds is 7. The minimum absolute atomic E-state index is 0.242. The Morgan fingerprint density at radius 2 is 1.88 bits per heavy atom.